The average Bonchev–Trinajstić information content (AvgIpc) is 2.95. The highest BCUT2D eigenvalue weighted by Gasteiger charge is 2.27. The normalized spacial score (nSPS) is 21.2. The van der Waals surface area contributed by atoms with Gasteiger partial charge in [-0.25, -0.2) is 4.79 Å². The second kappa shape index (κ2) is 8.95. The first-order valence-electron chi connectivity index (χ1n) is 7.75. The van der Waals surface area contributed by atoms with Crippen LogP contribution in [0.15, 0.2) is 0 Å². The SMILES string of the molecule is CCOC(=O)C(NC(=O)CCC1CCNC1)C(C)CC. The van der Waals surface area contributed by atoms with Crippen LogP contribution in [0, 0.1) is 11.8 Å². The minimum atomic E-state index is -0.519. The average molecular weight is 284 g/mol. The number of carbonyl (C=O) groups is 2. The van der Waals surface area contributed by atoms with Crippen molar-refractivity contribution in [2.75, 3.05) is 19.7 Å². The summed E-state index contributed by atoms with van der Waals surface area (Å²) < 4.78 is 5.04. The van der Waals surface area contributed by atoms with Gasteiger partial charge in [-0.1, -0.05) is 20.3 Å². The second-order valence-electron chi connectivity index (χ2n) is 5.58. The van der Waals surface area contributed by atoms with E-state index in [0.717, 1.165) is 32.4 Å². The van der Waals surface area contributed by atoms with Crippen LogP contribution in [0.25, 0.3) is 0 Å². The molecule has 0 aromatic heterocycles. The second-order valence-corrected chi connectivity index (χ2v) is 5.58. The first-order chi connectivity index (χ1) is 9.58. The van der Waals surface area contributed by atoms with Crippen LogP contribution in [0.3, 0.4) is 0 Å². The van der Waals surface area contributed by atoms with E-state index < -0.39 is 6.04 Å². The van der Waals surface area contributed by atoms with Gasteiger partial charge in [-0.2, -0.15) is 0 Å². The summed E-state index contributed by atoms with van der Waals surface area (Å²) in [6, 6.07) is -0.519. The smallest absolute Gasteiger partial charge is 0.328 e. The van der Waals surface area contributed by atoms with Crippen molar-refractivity contribution >= 4 is 11.9 Å². The maximum atomic E-state index is 12.0. The van der Waals surface area contributed by atoms with E-state index in [-0.39, 0.29) is 17.8 Å². The molecule has 0 bridgehead atoms. The first kappa shape index (κ1) is 17.0. The van der Waals surface area contributed by atoms with Gasteiger partial charge in [0, 0.05) is 6.42 Å². The Morgan fingerprint density at radius 2 is 2.15 bits per heavy atom. The summed E-state index contributed by atoms with van der Waals surface area (Å²) in [6.07, 6.45) is 3.34. The number of hydrogen-bond donors (Lipinski definition) is 2. The van der Waals surface area contributed by atoms with Crippen LogP contribution < -0.4 is 10.6 Å². The van der Waals surface area contributed by atoms with E-state index in [0.29, 0.717) is 18.9 Å². The van der Waals surface area contributed by atoms with E-state index in [1.54, 1.807) is 6.92 Å². The molecule has 1 fully saturated rings. The Kier molecular flexibility index (Phi) is 7.59. The highest BCUT2D eigenvalue weighted by Crippen LogP contribution is 2.15. The number of ether oxygens (including phenoxy) is 1. The molecule has 5 nitrogen and oxygen atoms in total. The Labute approximate surface area is 121 Å². The molecule has 0 spiro atoms. The highest BCUT2D eigenvalue weighted by atomic mass is 16.5. The molecular weight excluding hydrogens is 256 g/mol. The van der Waals surface area contributed by atoms with Crippen molar-refractivity contribution in [1.82, 2.24) is 10.6 Å². The zero-order chi connectivity index (χ0) is 15.0. The first-order valence-corrected chi connectivity index (χ1v) is 7.75. The Morgan fingerprint density at radius 3 is 2.70 bits per heavy atom. The maximum absolute atomic E-state index is 12.0. The molecule has 1 amide bonds. The number of nitrogens with one attached hydrogen (secondary N) is 2. The molecule has 3 unspecified atom stereocenters. The van der Waals surface area contributed by atoms with Crippen molar-refractivity contribution in [2.24, 2.45) is 11.8 Å². The van der Waals surface area contributed by atoms with E-state index in [1.165, 1.54) is 0 Å². The standard InChI is InChI=1S/C15H28N2O3/c1-4-11(3)14(15(19)20-5-2)17-13(18)7-6-12-8-9-16-10-12/h11-12,14,16H,4-10H2,1-3H3,(H,17,18). The van der Waals surface area contributed by atoms with Gasteiger partial charge < -0.3 is 15.4 Å². The molecule has 0 aromatic carbocycles. The maximum Gasteiger partial charge on any atom is 0.328 e. The fraction of sp³-hybridized carbons (Fsp3) is 0.867. The van der Waals surface area contributed by atoms with Crippen molar-refractivity contribution in [3.05, 3.63) is 0 Å². The van der Waals surface area contributed by atoms with Gasteiger partial charge in [0.25, 0.3) is 0 Å². The summed E-state index contributed by atoms with van der Waals surface area (Å²) in [6.45, 7) is 8.14. The summed E-state index contributed by atoms with van der Waals surface area (Å²) in [5, 5.41) is 6.14. The minimum absolute atomic E-state index is 0.0461. The Bertz CT molecular complexity index is 314. The van der Waals surface area contributed by atoms with Crippen molar-refractivity contribution in [3.63, 3.8) is 0 Å². The van der Waals surface area contributed by atoms with Crippen molar-refractivity contribution in [2.45, 2.75) is 52.5 Å². The molecule has 0 aliphatic carbocycles. The number of esters is 1. The topological polar surface area (TPSA) is 67.4 Å². The molecular formula is C15H28N2O3. The van der Waals surface area contributed by atoms with Crippen LogP contribution in [-0.2, 0) is 14.3 Å². The lowest BCUT2D eigenvalue weighted by Crippen LogP contribution is -2.46. The van der Waals surface area contributed by atoms with Gasteiger partial charge >= 0.3 is 5.97 Å². The third-order valence-electron chi connectivity index (χ3n) is 4.01. The van der Waals surface area contributed by atoms with E-state index in [9.17, 15) is 9.59 Å². The van der Waals surface area contributed by atoms with E-state index in [1.807, 2.05) is 13.8 Å². The van der Waals surface area contributed by atoms with Crippen LogP contribution in [0.1, 0.15) is 46.5 Å². The molecule has 5 heteroatoms. The van der Waals surface area contributed by atoms with E-state index >= 15 is 0 Å². The van der Waals surface area contributed by atoms with Crippen LogP contribution in [-0.4, -0.2) is 37.6 Å². The molecule has 1 aliphatic heterocycles. The van der Waals surface area contributed by atoms with E-state index in [2.05, 4.69) is 10.6 Å². The van der Waals surface area contributed by atoms with Crippen molar-refractivity contribution in [1.29, 1.82) is 0 Å². The lowest BCUT2D eigenvalue weighted by Gasteiger charge is -2.22. The Morgan fingerprint density at radius 1 is 1.40 bits per heavy atom. The van der Waals surface area contributed by atoms with Crippen molar-refractivity contribution in [3.8, 4) is 0 Å². The van der Waals surface area contributed by atoms with Crippen LogP contribution >= 0.6 is 0 Å². The molecule has 20 heavy (non-hydrogen) atoms. The molecule has 3 atom stereocenters. The third kappa shape index (κ3) is 5.49. The molecule has 116 valence electrons. The third-order valence-corrected chi connectivity index (χ3v) is 4.01. The fourth-order valence-electron chi connectivity index (χ4n) is 2.44. The summed E-state index contributed by atoms with van der Waals surface area (Å²) in [7, 11) is 0. The highest BCUT2D eigenvalue weighted by molar-refractivity contribution is 5.84. The van der Waals surface area contributed by atoms with Gasteiger partial charge in [0.2, 0.25) is 5.91 Å². The van der Waals surface area contributed by atoms with Crippen molar-refractivity contribution < 1.29 is 14.3 Å². The molecule has 2 N–H and O–H groups in total. The quantitative estimate of drug-likeness (QED) is 0.662. The van der Waals surface area contributed by atoms with Gasteiger partial charge in [-0.3, -0.25) is 4.79 Å². The number of rotatable bonds is 8. The van der Waals surface area contributed by atoms with Gasteiger partial charge in [0.1, 0.15) is 6.04 Å². The molecule has 1 rings (SSSR count). The van der Waals surface area contributed by atoms with Gasteiger partial charge in [-0.15, -0.1) is 0 Å². The Balaban J connectivity index is 2.41. The number of amides is 1. The Hall–Kier alpha value is -1.10. The largest absolute Gasteiger partial charge is 0.464 e. The summed E-state index contributed by atoms with van der Waals surface area (Å²) in [5.74, 6) is 0.310. The van der Waals surface area contributed by atoms with Crippen LogP contribution in [0.5, 0.6) is 0 Å². The predicted octanol–water partition coefficient (Wildman–Crippen LogP) is 1.47. The fourth-order valence-corrected chi connectivity index (χ4v) is 2.44. The molecule has 1 aliphatic rings. The number of carbonyl (C=O) groups excluding carboxylic acids is 2. The van der Waals surface area contributed by atoms with Gasteiger partial charge in [0.05, 0.1) is 6.61 Å². The van der Waals surface area contributed by atoms with Gasteiger partial charge in [0.15, 0.2) is 0 Å². The molecule has 0 aromatic rings. The predicted molar refractivity (Wildman–Crippen MR) is 78.2 cm³/mol. The molecule has 0 saturated carbocycles. The molecule has 0 radical (unpaired) electrons. The van der Waals surface area contributed by atoms with E-state index in [4.69, 9.17) is 4.74 Å². The monoisotopic (exact) mass is 284 g/mol. The summed E-state index contributed by atoms with van der Waals surface area (Å²) in [5.41, 5.74) is 0. The molecule has 1 heterocycles. The summed E-state index contributed by atoms with van der Waals surface area (Å²) >= 11 is 0. The minimum Gasteiger partial charge on any atom is -0.464 e. The molecule has 1 saturated heterocycles. The summed E-state index contributed by atoms with van der Waals surface area (Å²) in [4.78, 5) is 23.9. The lowest BCUT2D eigenvalue weighted by molar-refractivity contribution is -0.149. The van der Waals surface area contributed by atoms with Crippen LogP contribution in [0.4, 0.5) is 0 Å². The number of hydrogen-bond acceptors (Lipinski definition) is 4. The van der Waals surface area contributed by atoms with Crippen LogP contribution in [0.2, 0.25) is 0 Å². The van der Waals surface area contributed by atoms with Gasteiger partial charge in [-0.05, 0) is 44.7 Å². The lowest BCUT2D eigenvalue weighted by atomic mass is 9.98. The zero-order valence-electron chi connectivity index (χ0n) is 12.9. The zero-order valence-corrected chi connectivity index (χ0v) is 12.9.